The fourth-order valence-electron chi connectivity index (χ4n) is 1.56. The predicted molar refractivity (Wildman–Crippen MR) is 58.3 cm³/mol. The summed E-state index contributed by atoms with van der Waals surface area (Å²) in [5.41, 5.74) is -0.623. The van der Waals surface area contributed by atoms with Crippen LogP contribution in [0.15, 0.2) is 24.6 Å². The minimum absolute atomic E-state index is 0.268. The van der Waals surface area contributed by atoms with Crippen molar-refractivity contribution in [1.82, 2.24) is 10.0 Å². The summed E-state index contributed by atoms with van der Waals surface area (Å²) < 4.78 is 5.36. The molecule has 0 aromatic heterocycles. The second kappa shape index (κ2) is 4.38. The summed E-state index contributed by atoms with van der Waals surface area (Å²) in [4.78, 5) is 11.1. The van der Waals surface area contributed by atoms with Gasteiger partial charge in [-0.05, 0) is 19.1 Å². The molecule has 0 saturated heterocycles. The van der Waals surface area contributed by atoms with Crippen LogP contribution in [0.5, 0.6) is 0 Å². The zero-order valence-electron chi connectivity index (χ0n) is 9.73. The minimum atomic E-state index is -0.623. The number of hydrazine groups is 1. The minimum Gasteiger partial charge on any atom is -0.438 e. The smallest absolute Gasteiger partial charge is 0.304 e. The van der Waals surface area contributed by atoms with Crippen molar-refractivity contribution in [3.05, 3.63) is 24.6 Å². The molecule has 0 spiro atoms. The number of rotatable bonds is 3. The second-order valence-corrected chi connectivity index (χ2v) is 3.72. The molecule has 1 aliphatic rings. The van der Waals surface area contributed by atoms with E-state index in [1.165, 1.54) is 6.92 Å². The van der Waals surface area contributed by atoms with Crippen molar-refractivity contribution in [2.45, 2.75) is 32.9 Å². The van der Waals surface area contributed by atoms with Crippen LogP contribution in [-0.4, -0.2) is 28.8 Å². The molecule has 1 atom stereocenters. The van der Waals surface area contributed by atoms with Gasteiger partial charge in [0.15, 0.2) is 5.72 Å². The van der Waals surface area contributed by atoms with Gasteiger partial charge in [0.1, 0.15) is 0 Å². The summed E-state index contributed by atoms with van der Waals surface area (Å²) in [7, 11) is 1.91. The number of allylic oxidation sites excluding steroid dienone is 2. The van der Waals surface area contributed by atoms with Crippen LogP contribution in [0.25, 0.3) is 0 Å². The van der Waals surface area contributed by atoms with Gasteiger partial charge in [0.2, 0.25) is 0 Å². The first-order valence-electron chi connectivity index (χ1n) is 5.06. The van der Waals surface area contributed by atoms with Crippen LogP contribution in [0.1, 0.15) is 27.2 Å². The van der Waals surface area contributed by atoms with E-state index >= 15 is 0 Å². The Morgan fingerprint density at radius 2 is 2.00 bits per heavy atom. The van der Waals surface area contributed by atoms with Gasteiger partial charge < -0.3 is 4.74 Å². The third kappa shape index (κ3) is 2.52. The fraction of sp³-hybridized carbons (Fsp3) is 0.545. The molecule has 0 bridgehead atoms. The Morgan fingerprint density at radius 3 is 2.47 bits per heavy atom. The highest BCUT2D eigenvalue weighted by atomic mass is 16.6. The molecule has 0 saturated carbocycles. The maximum Gasteiger partial charge on any atom is 0.304 e. The van der Waals surface area contributed by atoms with Crippen LogP contribution in [0, 0.1) is 0 Å². The summed E-state index contributed by atoms with van der Waals surface area (Å²) in [6.07, 6.45) is 8.37. The SMILES string of the molecule is CCC(C)(OC(C)=O)N1C=CC=CN1C. The number of hydrogen-bond donors (Lipinski definition) is 0. The summed E-state index contributed by atoms with van der Waals surface area (Å²) in [6, 6.07) is 0. The van der Waals surface area contributed by atoms with Crippen molar-refractivity contribution in [3.63, 3.8) is 0 Å². The van der Waals surface area contributed by atoms with E-state index in [0.717, 1.165) is 6.42 Å². The first-order chi connectivity index (χ1) is 6.99. The lowest BCUT2D eigenvalue weighted by Gasteiger charge is -2.44. The van der Waals surface area contributed by atoms with E-state index in [4.69, 9.17) is 4.74 Å². The first-order valence-corrected chi connectivity index (χ1v) is 5.06. The van der Waals surface area contributed by atoms with E-state index in [-0.39, 0.29) is 5.97 Å². The molecule has 4 heteroatoms. The Hall–Kier alpha value is -1.45. The number of nitrogens with zero attached hydrogens (tertiary/aromatic N) is 2. The molecule has 15 heavy (non-hydrogen) atoms. The van der Waals surface area contributed by atoms with Gasteiger partial charge in [0.05, 0.1) is 0 Å². The Morgan fingerprint density at radius 1 is 1.40 bits per heavy atom. The number of hydrogen-bond acceptors (Lipinski definition) is 4. The van der Waals surface area contributed by atoms with E-state index in [0.29, 0.717) is 0 Å². The van der Waals surface area contributed by atoms with E-state index < -0.39 is 5.72 Å². The van der Waals surface area contributed by atoms with Crippen molar-refractivity contribution in [2.75, 3.05) is 7.05 Å². The largest absolute Gasteiger partial charge is 0.438 e. The van der Waals surface area contributed by atoms with Gasteiger partial charge in [-0.2, -0.15) is 0 Å². The van der Waals surface area contributed by atoms with E-state index in [2.05, 4.69) is 0 Å². The predicted octanol–water partition coefficient (Wildman–Crippen LogP) is 1.87. The molecule has 0 N–H and O–H groups in total. The monoisotopic (exact) mass is 210 g/mol. The first kappa shape index (κ1) is 11.6. The standard InChI is InChI=1S/C11H18N2O2/c1-5-11(3,15-10(2)14)13-9-7-6-8-12(13)4/h6-9H,5H2,1-4H3. The topological polar surface area (TPSA) is 32.8 Å². The van der Waals surface area contributed by atoms with Gasteiger partial charge in [-0.15, -0.1) is 0 Å². The van der Waals surface area contributed by atoms with Crippen LogP contribution >= 0.6 is 0 Å². The lowest BCUT2D eigenvalue weighted by atomic mass is 10.2. The van der Waals surface area contributed by atoms with E-state index in [1.54, 1.807) is 0 Å². The highest BCUT2D eigenvalue weighted by molar-refractivity contribution is 5.66. The molecular formula is C11H18N2O2. The average molecular weight is 210 g/mol. The number of carbonyl (C=O) groups is 1. The average Bonchev–Trinajstić information content (AvgIpc) is 2.17. The fourth-order valence-corrected chi connectivity index (χ4v) is 1.56. The Kier molecular flexibility index (Phi) is 3.39. The van der Waals surface area contributed by atoms with Gasteiger partial charge >= 0.3 is 5.97 Å². The molecule has 0 aromatic carbocycles. The van der Waals surface area contributed by atoms with Gasteiger partial charge in [-0.1, -0.05) is 6.92 Å². The second-order valence-electron chi connectivity index (χ2n) is 3.72. The van der Waals surface area contributed by atoms with Crippen molar-refractivity contribution in [2.24, 2.45) is 0 Å². The molecule has 0 aliphatic carbocycles. The molecule has 0 fully saturated rings. The van der Waals surface area contributed by atoms with Gasteiger partial charge in [-0.3, -0.25) is 14.8 Å². The number of ether oxygens (including phenoxy) is 1. The van der Waals surface area contributed by atoms with Crippen LogP contribution < -0.4 is 0 Å². The molecule has 84 valence electrons. The van der Waals surface area contributed by atoms with Gasteiger partial charge in [0, 0.05) is 32.8 Å². The Bertz CT molecular complexity index is 299. The highest BCUT2D eigenvalue weighted by Crippen LogP contribution is 2.24. The molecule has 0 radical (unpaired) electrons. The zero-order chi connectivity index (χ0) is 11.5. The summed E-state index contributed by atoms with van der Waals surface area (Å²) in [5, 5.41) is 3.79. The highest BCUT2D eigenvalue weighted by Gasteiger charge is 2.33. The van der Waals surface area contributed by atoms with Gasteiger partial charge in [0.25, 0.3) is 0 Å². The summed E-state index contributed by atoms with van der Waals surface area (Å²) in [5.74, 6) is -0.268. The Labute approximate surface area is 90.8 Å². The third-order valence-electron chi connectivity index (χ3n) is 2.48. The van der Waals surface area contributed by atoms with Crippen molar-refractivity contribution < 1.29 is 9.53 Å². The van der Waals surface area contributed by atoms with Gasteiger partial charge in [-0.25, -0.2) is 0 Å². The van der Waals surface area contributed by atoms with Crippen molar-refractivity contribution in [1.29, 1.82) is 0 Å². The lowest BCUT2D eigenvalue weighted by Crippen LogP contribution is -2.52. The van der Waals surface area contributed by atoms with Crippen LogP contribution in [0.3, 0.4) is 0 Å². The van der Waals surface area contributed by atoms with Crippen molar-refractivity contribution in [3.8, 4) is 0 Å². The van der Waals surface area contributed by atoms with E-state index in [1.807, 2.05) is 55.5 Å². The zero-order valence-corrected chi connectivity index (χ0v) is 9.73. The molecule has 1 unspecified atom stereocenters. The summed E-state index contributed by atoms with van der Waals surface area (Å²) >= 11 is 0. The Balaban J connectivity index is 2.85. The van der Waals surface area contributed by atoms with Crippen molar-refractivity contribution >= 4 is 5.97 Å². The quantitative estimate of drug-likeness (QED) is 0.666. The third-order valence-corrected chi connectivity index (χ3v) is 2.48. The van der Waals surface area contributed by atoms with Crippen LogP contribution in [-0.2, 0) is 9.53 Å². The molecule has 1 aliphatic heterocycles. The van der Waals surface area contributed by atoms with Crippen LogP contribution in [0.2, 0.25) is 0 Å². The molecule has 4 nitrogen and oxygen atoms in total. The number of esters is 1. The summed E-state index contributed by atoms with van der Waals surface area (Å²) in [6.45, 7) is 5.31. The van der Waals surface area contributed by atoms with E-state index in [9.17, 15) is 4.79 Å². The molecule has 0 aromatic rings. The molecular weight excluding hydrogens is 192 g/mol. The maximum absolute atomic E-state index is 11.1. The normalized spacial score (nSPS) is 18.9. The number of carbonyl (C=O) groups excluding carboxylic acids is 1. The molecule has 1 heterocycles. The molecule has 1 rings (SSSR count). The lowest BCUT2D eigenvalue weighted by molar-refractivity contribution is -0.197. The van der Waals surface area contributed by atoms with Crippen LogP contribution in [0.4, 0.5) is 0 Å². The molecule has 0 amide bonds. The maximum atomic E-state index is 11.1.